The van der Waals surface area contributed by atoms with Crippen molar-refractivity contribution < 1.29 is 19.1 Å². The van der Waals surface area contributed by atoms with Crippen molar-refractivity contribution in [1.29, 1.82) is 0 Å². The van der Waals surface area contributed by atoms with Crippen molar-refractivity contribution in [3.8, 4) is 5.75 Å². The first-order chi connectivity index (χ1) is 11.2. The Hall–Kier alpha value is -2.08. The highest BCUT2D eigenvalue weighted by Gasteiger charge is 2.61. The molecule has 4 rings (SSSR count). The van der Waals surface area contributed by atoms with Crippen molar-refractivity contribution in [1.82, 2.24) is 9.80 Å². The zero-order valence-electron chi connectivity index (χ0n) is 13.2. The van der Waals surface area contributed by atoms with Crippen molar-refractivity contribution >= 4 is 11.8 Å². The lowest BCUT2D eigenvalue weighted by Gasteiger charge is -2.42. The number of hydrogen-bond acceptors (Lipinski definition) is 4. The van der Waals surface area contributed by atoms with Gasteiger partial charge in [0.25, 0.3) is 5.91 Å². The van der Waals surface area contributed by atoms with Crippen LogP contribution in [0.3, 0.4) is 0 Å². The van der Waals surface area contributed by atoms with Crippen LogP contribution in [0.2, 0.25) is 0 Å². The molecule has 0 radical (unpaired) electrons. The van der Waals surface area contributed by atoms with Crippen LogP contribution >= 0.6 is 0 Å². The summed E-state index contributed by atoms with van der Waals surface area (Å²) in [7, 11) is 1.56. The van der Waals surface area contributed by atoms with Crippen LogP contribution in [0.15, 0.2) is 24.3 Å². The first-order valence-corrected chi connectivity index (χ1v) is 8.06. The summed E-state index contributed by atoms with van der Waals surface area (Å²) in [6.45, 7) is 1.98. The van der Waals surface area contributed by atoms with E-state index < -0.39 is 5.72 Å². The van der Waals surface area contributed by atoms with Gasteiger partial charge in [-0.1, -0.05) is 12.1 Å². The number of para-hydroxylation sites is 1. The van der Waals surface area contributed by atoms with Crippen molar-refractivity contribution in [2.75, 3.05) is 26.8 Å². The van der Waals surface area contributed by atoms with Gasteiger partial charge in [0.15, 0.2) is 5.72 Å². The standard InChI is InChI=1S/C17H20N2O4/c1-22-13-6-3-2-5-12(13)16(21)18-9-7-17-14(18)11-15(20)19(17)8-4-10-23-17/h2-3,5-6,14H,4,7-11H2,1H3/t14-,17+/m1/s1. The molecule has 6 nitrogen and oxygen atoms in total. The van der Waals surface area contributed by atoms with Gasteiger partial charge in [0.1, 0.15) is 5.75 Å². The fourth-order valence-electron chi connectivity index (χ4n) is 4.17. The van der Waals surface area contributed by atoms with E-state index in [1.165, 1.54) is 0 Å². The molecule has 1 aromatic rings. The van der Waals surface area contributed by atoms with Gasteiger partial charge in [0, 0.05) is 19.5 Å². The molecule has 23 heavy (non-hydrogen) atoms. The minimum Gasteiger partial charge on any atom is -0.496 e. The summed E-state index contributed by atoms with van der Waals surface area (Å²) in [5.74, 6) is 0.560. The third-order valence-corrected chi connectivity index (χ3v) is 5.21. The molecular weight excluding hydrogens is 296 g/mol. The van der Waals surface area contributed by atoms with Crippen LogP contribution in [0.25, 0.3) is 0 Å². The Balaban J connectivity index is 1.66. The van der Waals surface area contributed by atoms with Crippen LogP contribution in [0.4, 0.5) is 0 Å². The smallest absolute Gasteiger partial charge is 0.258 e. The van der Waals surface area contributed by atoms with E-state index in [-0.39, 0.29) is 17.9 Å². The molecule has 0 N–H and O–H groups in total. The zero-order chi connectivity index (χ0) is 16.0. The van der Waals surface area contributed by atoms with Gasteiger partial charge < -0.3 is 19.3 Å². The molecule has 0 bridgehead atoms. The van der Waals surface area contributed by atoms with Gasteiger partial charge in [0.2, 0.25) is 5.91 Å². The second-order valence-electron chi connectivity index (χ2n) is 6.26. The van der Waals surface area contributed by atoms with Crippen LogP contribution < -0.4 is 4.74 Å². The maximum Gasteiger partial charge on any atom is 0.258 e. The zero-order valence-corrected chi connectivity index (χ0v) is 13.2. The van der Waals surface area contributed by atoms with Gasteiger partial charge in [0.05, 0.1) is 31.7 Å². The predicted octanol–water partition coefficient (Wildman–Crippen LogP) is 1.26. The van der Waals surface area contributed by atoms with E-state index in [2.05, 4.69) is 0 Å². The number of likely N-dealkylation sites (tertiary alicyclic amines) is 1. The minimum absolute atomic E-state index is 0.0897. The van der Waals surface area contributed by atoms with Gasteiger partial charge in [-0.3, -0.25) is 9.59 Å². The third-order valence-electron chi connectivity index (χ3n) is 5.21. The van der Waals surface area contributed by atoms with E-state index in [0.29, 0.717) is 37.3 Å². The van der Waals surface area contributed by atoms with Crippen molar-refractivity contribution in [3.63, 3.8) is 0 Å². The summed E-state index contributed by atoms with van der Waals surface area (Å²) in [6, 6.07) is 7.01. The second kappa shape index (κ2) is 5.23. The first kappa shape index (κ1) is 14.5. The first-order valence-electron chi connectivity index (χ1n) is 8.06. The van der Waals surface area contributed by atoms with E-state index in [9.17, 15) is 9.59 Å². The highest BCUT2D eigenvalue weighted by molar-refractivity contribution is 5.98. The Morgan fingerprint density at radius 2 is 2.17 bits per heavy atom. The summed E-state index contributed by atoms with van der Waals surface area (Å²) in [4.78, 5) is 29.0. The number of amides is 2. The molecule has 3 aliphatic rings. The van der Waals surface area contributed by atoms with Crippen LogP contribution in [0.5, 0.6) is 5.75 Å². The van der Waals surface area contributed by atoms with Gasteiger partial charge in [-0.25, -0.2) is 0 Å². The lowest BCUT2D eigenvalue weighted by molar-refractivity contribution is -0.179. The maximum absolute atomic E-state index is 13.0. The number of hydrogen-bond donors (Lipinski definition) is 0. The highest BCUT2D eigenvalue weighted by atomic mass is 16.5. The Labute approximate surface area is 134 Å². The summed E-state index contributed by atoms with van der Waals surface area (Å²) in [6.07, 6.45) is 1.89. The largest absolute Gasteiger partial charge is 0.496 e. The minimum atomic E-state index is -0.604. The molecule has 0 aliphatic carbocycles. The molecule has 3 heterocycles. The number of rotatable bonds is 2. The van der Waals surface area contributed by atoms with Crippen molar-refractivity contribution in [3.05, 3.63) is 29.8 Å². The Morgan fingerprint density at radius 1 is 1.35 bits per heavy atom. The monoisotopic (exact) mass is 316 g/mol. The number of nitrogens with zero attached hydrogens (tertiary/aromatic N) is 2. The van der Waals surface area contributed by atoms with Crippen LogP contribution in [-0.4, -0.2) is 60.2 Å². The van der Waals surface area contributed by atoms with E-state index in [1.807, 2.05) is 17.0 Å². The lowest BCUT2D eigenvalue weighted by atomic mass is 10.0. The maximum atomic E-state index is 13.0. The summed E-state index contributed by atoms with van der Waals surface area (Å²) >= 11 is 0. The number of benzene rings is 1. The van der Waals surface area contributed by atoms with Crippen molar-refractivity contribution in [2.45, 2.75) is 31.0 Å². The molecule has 0 aromatic heterocycles. The second-order valence-corrected chi connectivity index (χ2v) is 6.26. The molecule has 3 fully saturated rings. The van der Waals surface area contributed by atoms with E-state index in [1.54, 1.807) is 24.1 Å². The van der Waals surface area contributed by atoms with Crippen molar-refractivity contribution in [2.24, 2.45) is 0 Å². The highest BCUT2D eigenvalue weighted by Crippen LogP contribution is 2.45. The molecule has 6 heteroatoms. The van der Waals surface area contributed by atoms with Crippen LogP contribution in [0, 0.1) is 0 Å². The van der Waals surface area contributed by atoms with Gasteiger partial charge in [-0.05, 0) is 18.6 Å². The summed E-state index contributed by atoms with van der Waals surface area (Å²) in [5, 5.41) is 0. The van der Waals surface area contributed by atoms with Gasteiger partial charge in [-0.15, -0.1) is 0 Å². The summed E-state index contributed by atoms with van der Waals surface area (Å²) < 4.78 is 11.3. The van der Waals surface area contributed by atoms with Crippen LogP contribution in [0.1, 0.15) is 29.6 Å². The molecule has 1 aromatic carbocycles. The molecule has 0 saturated carbocycles. The average Bonchev–Trinajstić information content (AvgIpc) is 3.06. The SMILES string of the molecule is COc1ccccc1C(=O)N1CC[C@@]23OCCCN2C(=O)C[C@@H]13. The number of methoxy groups -OCH3 is 1. The fraction of sp³-hybridized carbons (Fsp3) is 0.529. The number of carbonyl (C=O) groups excluding carboxylic acids is 2. The van der Waals surface area contributed by atoms with E-state index in [0.717, 1.165) is 13.0 Å². The molecular formula is C17H20N2O4. The molecule has 3 saturated heterocycles. The predicted molar refractivity (Wildman–Crippen MR) is 82.1 cm³/mol. The molecule has 2 amide bonds. The normalized spacial score (nSPS) is 29.4. The van der Waals surface area contributed by atoms with Crippen LogP contribution in [-0.2, 0) is 9.53 Å². The average molecular weight is 316 g/mol. The number of carbonyl (C=O) groups is 2. The lowest BCUT2D eigenvalue weighted by Crippen LogP contribution is -2.56. The van der Waals surface area contributed by atoms with E-state index in [4.69, 9.17) is 9.47 Å². The fourth-order valence-corrected chi connectivity index (χ4v) is 4.17. The van der Waals surface area contributed by atoms with E-state index >= 15 is 0 Å². The quantitative estimate of drug-likeness (QED) is 0.824. The number of ether oxygens (including phenoxy) is 2. The molecule has 2 atom stereocenters. The van der Waals surface area contributed by atoms with Gasteiger partial charge in [-0.2, -0.15) is 0 Å². The Morgan fingerprint density at radius 3 is 3.00 bits per heavy atom. The third kappa shape index (κ3) is 1.97. The Bertz CT molecular complexity index is 662. The molecule has 3 aliphatic heterocycles. The summed E-state index contributed by atoms with van der Waals surface area (Å²) in [5.41, 5.74) is -0.0683. The molecule has 122 valence electrons. The Kier molecular flexibility index (Phi) is 3.30. The molecule has 0 unspecified atom stereocenters. The topological polar surface area (TPSA) is 59.1 Å². The molecule has 1 spiro atoms. The van der Waals surface area contributed by atoms with Gasteiger partial charge >= 0.3 is 0 Å².